The Morgan fingerprint density at radius 1 is 1.23 bits per heavy atom. The summed E-state index contributed by atoms with van der Waals surface area (Å²) in [6.07, 6.45) is 1.88. The average molecular weight is 394 g/mol. The van der Waals surface area contributed by atoms with E-state index >= 15 is 0 Å². The van der Waals surface area contributed by atoms with E-state index in [1.54, 1.807) is 0 Å². The second kappa shape index (κ2) is 8.31. The number of carbonyl (C=O) groups is 1. The molecule has 1 N–H and O–H groups in total. The van der Waals surface area contributed by atoms with Crippen molar-refractivity contribution in [3.8, 4) is 0 Å². The molecule has 1 aromatic carbocycles. The highest BCUT2D eigenvalue weighted by atomic mass is 35.5. The SMILES string of the molecule is CCCN(CCC)C(=O)[C@H]1Sc2nnc(C)n2N[C@@H]1c1ccc(Cl)cc1. The van der Waals surface area contributed by atoms with Crippen LogP contribution in [0.15, 0.2) is 29.4 Å². The molecule has 2 heterocycles. The lowest BCUT2D eigenvalue weighted by Gasteiger charge is -2.35. The van der Waals surface area contributed by atoms with Gasteiger partial charge in [-0.25, -0.2) is 4.68 Å². The van der Waals surface area contributed by atoms with Crippen LogP contribution in [0.1, 0.15) is 44.1 Å². The molecule has 1 aliphatic rings. The Labute approximate surface area is 163 Å². The average Bonchev–Trinajstić information content (AvgIpc) is 3.01. The van der Waals surface area contributed by atoms with Gasteiger partial charge >= 0.3 is 0 Å². The van der Waals surface area contributed by atoms with E-state index < -0.39 is 0 Å². The summed E-state index contributed by atoms with van der Waals surface area (Å²) in [5.41, 5.74) is 4.45. The van der Waals surface area contributed by atoms with Crippen LogP contribution in [-0.2, 0) is 4.79 Å². The molecule has 0 saturated carbocycles. The summed E-state index contributed by atoms with van der Waals surface area (Å²) >= 11 is 7.52. The monoisotopic (exact) mass is 393 g/mol. The molecule has 0 unspecified atom stereocenters. The molecule has 6 nitrogen and oxygen atoms in total. The summed E-state index contributed by atoms with van der Waals surface area (Å²) in [5, 5.41) is 9.44. The zero-order chi connectivity index (χ0) is 18.7. The van der Waals surface area contributed by atoms with Crippen molar-refractivity contribution >= 4 is 29.3 Å². The van der Waals surface area contributed by atoms with E-state index in [9.17, 15) is 4.79 Å². The standard InChI is InChI=1S/C18H24ClN5OS/c1-4-10-23(11-5-2)17(25)16-15(13-6-8-14(19)9-7-13)22-24-12(3)20-21-18(24)26-16/h6-9,15-16,22H,4-5,10-11H2,1-3H3/t15-,16+/m1/s1. The molecule has 2 aromatic rings. The van der Waals surface area contributed by atoms with Crippen molar-refractivity contribution in [1.82, 2.24) is 19.8 Å². The number of fused-ring (bicyclic) bond motifs is 1. The predicted octanol–water partition coefficient (Wildman–Crippen LogP) is 3.65. The fourth-order valence-corrected chi connectivity index (χ4v) is 4.46. The molecule has 0 fully saturated rings. The molecule has 140 valence electrons. The summed E-state index contributed by atoms with van der Waals surface area (Å²) in [6, 6.07) is 7.47. The molecule has 26 heavy (non-hydrogen) atoms. The maximum Gasteiger partial charge on any atom is 0.238 e. The van der Waals surface area contributed by atoms with Crippen molar-refractivity contribution in [1.29, 1.82) is 0 Å². The number of carbonyl (C=O) groups excluding carboxylic acids is 1. The van der Waals surface area contributed by atoms with Crippen LogP contribution in [0.3, 0.4) is 0 Å². The third-order valence-corrected chi connectivity index (χ3v) is 5.82. The fourth-order valence-electron chi connectivity index (χ4n) is 3.12. The molecule has 0 spiro atoms. The number of aryl methyl sites for hydroxylation is 1. The Bertz CT molecular complexity index is 757. The van der Waals surface area contributed by atoms with Crippen molar-refractivity contribution in [2.75, 3.05) is 18.5 Å². The number of hydrogen-bond acceptors (Lipinski definition) is 5. The van der Waals surface area contributed by atoms with Crippen LogP contribution in [0, 0.1) is 6.92 Å². The van der Waals surface area contributed by atoms with Gasteiger partial charge in [0.05, 0.1) is 6.04 Å². The van der Waals surface area contributed by atoms with E-state index in [2.05, 4.69) is 29.5 Å². The molecule has 8 heteroatoms. The smallest absolute Gasteiger partial charge is 0.238 e. The van der Waals surface area contributed by atoms with Gasteiger partial charge in [-0.2, -0.15) is 0 Å². The maximum atomic E-state index is 13.3. The van der Waals surface area contributed by atoms with Crippen LogP contribution >= 0.6 is 23.4 Å². The summed E-state index contributed by atoms with van der Waals surface area (Å²) < 4.78 is 1.86. The highest BCUT2D eigenvalue weighted by molar-refractivity contribution is 8.00. The Kier molecular flexibility index (Phi) is 6.09. The van der Waals surface area contributed by atoms with Gasteiger partial charge in [0.2, 0.25) is 11.1 Å². The molecule has 0 radical (unpaired) electrons. The number of halogens is 1. The number of amides is 1. The van der Waals surface area contributed by atoms with Crippen molar-refractivity contribution < 1.29 is 4.79 Å². The van der Waals surface area contributed by atoms with Gasteiger partial charge in [0.1, 0.15) is 11.1 Å². The second-order valence-electron chi connectivity index (χ2n) is 6.39. The van der Waals surface area contributed by atoms with Gasteiger partial charge in [-0.3, -0.25) is 4.79 Å². The van der Waals surface area contributed by atoms with Crippen molar-refractivity contribution in [3.63, 3.8) is 0 Å². The van der Waals surface area contributed by atoms with E-state index in [4.69, 9.17) is 11.6 Å². The first-order valence-corrected chi connectivity index (χ1v) is 10.2. The van der Waals surface area contributed by atoms with Gasteiger partial charge in [-0.1, -0.05) is 49.3 Å². The summed E-state index contributed by atoms with van der Waals surface area (Å²) in [7, 11) is 0. The Morgan fingerprint density at radius 3 is 2.50 bits per heavy atom. The summed E-state index contributed by atoms with van der Waals surface area (Å²) in [6.45, 7) is 7.62. The Balaban J connectivity index is 1.95. The fraction of sp³-hybridized carbons (Fsp3) is 0.500. The lowest BCUT2D eigenvalue weighted by atomic mass is 10.0. The number of aromatic nitrogens is 3. The minimum atomic E-state index is -0.301. The normalized spacial score (nSPS) is 18.9. The lowest BCUT2D eigenvalue weighted by molar-refractivity contribution is -0.131. The number of thioether (sulfide) groups is 1. The summed E-state index contributed by atoms with van der Waals surface area (Å²) in [4.78, 5) is 15.3. The minimum absolute atomic E-state index is 0.137. The molecular weight excluding hydrogens is 370 g/mol. The predicted molar refractivity (Wildman–Crippen MR) is 105 cm³/mol. The van der Waals surface area contributed by atoms with E-state index in [-0.39, 0.29) is 17.2 Å². The van der Waals surface area contributed by atoms with Crippen LogP contribution in [-0.4, -0.2) is 44.0 Å². The molecular formula is C18H24ClN5OS. The highest BCUT2D eigenvalue weighted by Gasteiger charge is 2.39. The van der Waals surface area contributed by atoms with Gasteiger partial charge in [0.25, 0.3) is 0 Å². The Morgan fingerprint density at radius 2 is 1.88 bits per heavy atom. The number of benzene rings is 1. The molecule has 1 amide bonds. The third-order valence-electron chi connectivity index (χ3n) is 4.37. The molecule has 1 aliphatic heterocycles. The first-order valence-electron chi connectivity index (χ1n) is 8.94. The van der Waals surface area contributed by atoms with E-state index in [1.165, 1.54) is 11.8 Å². The zero-order valence-corrected chi connectivity index (χ0v) is 16.8. The molecule has 2 atom stereocenters. The van der Waals surface area contributed by atoms with Gasteiger partial charge < -0.3 is 10.3 Å². The van der Waals surface area contributed by atoms with E-state index in [1.807, 2.05) is 40.8 Å². The first kappa shape index (κ1) is 19.0. The number of rotatable bonds is 6. The third kappa shape index (κ3) is 3.83. The Hall–Kier alpha value is -1.73. The van der Waals surface area contributed by atoms with Gasteiger partial charge in [-0.05, 0) is 37.5 Å². The highest BCUT2D eigenvalue weighted by Crippen LogP contribution is 2.38. The van der Waals surface area contributed by atoms with Crippen molar-refractivity contribution in [2.45, 2.75) is 50.1 Å². The number of nitrogens with zero attached hydrogens (tertiary/aromatic N) is 4. The van der Waals surface area contributed by atoms with Crippen LogP contribution in [0.5, 0.6) is 0 Å². The molecule has 3 rings (SSSR count). The van der Waals surface area contributed by atoms with E-state index in [0.717, 1.165) is 42.5 Å². The van der Waals surface area contributed by atoms with Gasteiger partial charge in [0.15, 0.2) is 0 Å². The molecule has 0 bridgehead atoms. The topological polar surface area (TPSA) is 63.1 Å². The van der Waals surface area contributed by atoms with Crippen LogP contribution in [0.4, 0.5) is 0 Å². The van der Waals surface area contributed by atoms with Crippen LogP contribution < -0.4 is 5.43 Å². The number of hydrogen-bond donors (Lipinski definition) is 1. The largest absolute Gasteiger partial charge is 0.342 e. The first-order chi connectivity index (χ1) is 12.5. The maximum absolute atomic E-state index is 13.3. The van der Waals surface area contributed by atoms with E-state index in [0.29, 0.717) is 5.02 Å². The molecule has 1 aromatic heterocycles. The molecule has 0 aliphatic carbocycles. The van der Waals surface area contributed by atoms with Gasteiger partial charge in [-0.15, -0.1) is 10.2 Å². The molecule has 0 saturated heterocycles. The van der Waals surface area contributed by atoms with Crippen LogP contribution in [0.25, 0.3) is 0 Å². The van der Waals surface area contributed by atoms with Crippen LogP contribution in [0.2, 0.25) is 5.02 Å². The zero-order valence-electron chi connectivity index (χ0n) is 15.3. The quantitative estimate of drug-likeness (QED) is 0.811. The van der Waals surface area contributed by atoms with Crippen molar-refractivity contribution in [2.24, 2.45) is 0 Å². The minimum Gasteiger partial charge on any atom is -0.342 e. The van der Waals surface area contributed by atoms with Crippen molar-refractivity contribution in [3.05, 3.63) is 40.7 Å². The second-order valence-corrected chi connectivity index (χ2v) is 7.93. The lowest BCUT2D eigenvalue weighted by Crippen LogP contribution is -2.46. The summed E-state index contributed by atoms with van der Waals surface area (Å²) in [5.74, 6) is 0.911. The number of nitrogens with one attached hydrogen (secondary N) is 1. The van der Waals surface area contributed by atoms with Gasteiger partial charge in [0, 0.05) is 18.1 Å².